The number of para-hydroxylation sites is 2. The number of aromatic nitrogens is 4. The van der Waals surface area contributed by atoms with Crippen molar-refractivity contribution in [3.8, 4) is 0 Å². The first-order valence-electron chi connectivity index (χ1n) is 9.07. The van der Waals surface area contributed by atoms with Crippen LogP contribution in [0, 0.1) is 0 Å². The fourth-order valence-corrected chi connectivity index (χ4v) is 4.34. The molecule has 25 heavy (non-hydrogen) atoms. The molecule has 0 amide bonds. The topological polar surface area (TPSA) is 46.8 Å². The molecule has 5 nitrogen and oxygen atoms in total. The van der Waals surface area contributed by atoms with E-state index in [4.69, 9.17) is 9.97 Å². The Bertz CT molecular complexity index is 925. The summed E-state index contributed by atoms with van der Waals surface area (Å²) in [6, 6.07) is 8.94. The maximum absolute atomic E-state index is 4.94. The largest absolute Gasteiger partial charge is 0.343 e. The maximum atomic E-state index is 4.94. The Labute approximate surface area is 151 Å². The smallest absolute Gasteiger partial charge is 0.205 e. The van der Waals surface area contributed by atoms with Gasteiger partial charge in [0.2, 0.25) is 5.13 Å². The summed E-state index contributed by atoms with van der Waals surface area (Å²) in [7, 11) is 0. The summed E-state index contributed by atoms with van der Waals surface area (Å²) >= 11 is 1.55. The van der Waals surface area contributed by atoms with Gasteiger partial charge in [-0.2, -0.15) is 4.37 Å². The Morgan fingerprint density at radius 2 is 1.84 bits per heavy atom. The zero-order chi connectivity index (χ0) is 17.2. The molecule has 1 aliphatic heterocycles. The standard InChI is InChI=1S/C19H23N5S/c1-19(2,3)17-20-14-6-4-5-7-15(14)24(17)13-10-23(11-13)18-21-16(22-25-18)12-8-9-12/h4-7,12-13H,8-11H2,1-3H3. The third kappa shape index (κ3) is 2.54. The zero-order valence-corrected chi connectivity index (χ0v) is 15.8. The predicted molar refractivity (Wildman–Crippen MR) is 102 cm³/mol. The van der Waals surface area contributed by atoms with Crippen molar-refractivity contribution in [1.29, 1.82) is 0 Å². The highest BCUT2D eigenvalue weighted by molar-refractivity contribution is 7.09. The molecular weight excluding hydrogens is 330 g/mol. The van der Waals surface area contributed by atoms with Crippen molar-refractivity contribution in [3.63, 3.8) is 0 Å². The first kappa shape index (κ1) is 15.3. The van der Waals surface area contributed by atoms with Gasteiger partial charge in [0.05, 0.1) is 17.1 Å². The van der Waals surface area contributed by atoms with E-state index in [-0.39, 0.29) is 5.41 Å². The Balaban J connectivity index is 1.44. The first-order valence-corrected chi connectivity index (χ1v) is 9.84. The molecule has 5 rings (SSSR count). The summed E-state index contributed by atoms with van der Waals surface area (Å²) in [5, 5.41) is 1.08. The first-order chi connectivity index (χ1) is 12.0. The van der Waals surface area contributed by atoms with Crippen LogP contribution in [-0.4, -0.2) is 32.0 Å². The molecule has 130 valence electrons. The predicted octanol–water partition coefficient (Wildman–Crippen LogP) is 4.12. The van der Waals surface area contributed by atoms with Gasteiger partial charge in [0.25, 0.3) is 0 Å². The molecule has 1 saturated carbocycles. The third-order valence-electron chi connectivity index (χ3n) is 5.14. The number of imidazole rings is 1. The van der Waals surface area contributed by atoms with Crippen molar-refractivity contribution in [2.24, 2.45) is 0 Å². The fraction of sp³-hybridized carbons (Fsp3) is 0.526. The molecule has 2 fully saturated rings. The molecule has 2 aromatic heterocycles. The van der Waals surface area contributed by atoms with Crippen LogP contribution in [0.15, 0.2) is 24.3 Å². The van der Waals surface area contributed by atoms with Gasteiger partial charge in [0.1, 0.15) is 11.6 Å². The molecule has 0 N–H and O–H groups in total. The van der Waals surface area contributed by atoms with E-state index >= 15 is 0 Å². The normalized spacial score (nSPS) is 18.8. The van der Waals surface area contributed by atoms with Crippen molar-refractivity contribution < 1.29 is 0 Å². The molecule has 0 radical (unpaired) electrons. The Kier molecular flexibility index (Phi) is 3.23. The number of anilines is 1. The number of benzene rings is 1. The summed E-state index contributed by atoms with van der Waals surface area (Å²) in [4.78, 5) is 12.0. The van der Waals surface area contributed by atoms with Crippen LogP contribution in [0.1, 0.15) is 57.2 Å². The van der Waals surface area contributed by atoms with Crippen LogP contribution in [0.3, 0.4) is 0 Å². The summed E-state index contributed by atoms with van der Waals surface area (Å²) < 4.78 is 7.00. The van der Waals surface area contributed by atoms with Crippen molar-refractivity contribution in [3.05, 3.63) is 35.9 Å². The lowest BCUT2D eigenvalue weighted by atomic mass is 9.94. The van der Waals surface area contributed by atoms with Crippen LogP contribution in [-0.2, 0) is 5.41 Å². The highest BCUT2D eigenvalue weighted by Gasteiger charge is 2.36. The summed E-state index contributed by atoms with van der Waals surface area (Å²) in [6.45, 7) is 8.71. The monoisotopic (exact) mass is 353 g/mol. The van der Waals surface area contributed by atoms with Gasteiger partial charge in [-0.05, 0) is 25.0 Å². The number of fused-ring (bicyclic) bond motifs is 1. The minimum absolute atomic E-state index is 0.0291. The minimum atomic E-state index is 0.0291. The highest BCUT2D eigenvalue weighted by atomic mass is 32.1. The summed E-state index contributed by atoms with van der Waals surface area (Å²) in [5.41, 5.74) is 2.37. The SMILES string of the molecule is CC(C)(C)c1nc2ccccc2n1C1CN(c2nc(C3CC3)ns2)C1. The van der Waals surface area contributed by atoms with Gasteiger partial charge in [-0.1, -0.05) is 32.9 Å². The van der Waals surface area contributed by atoms with E-state index in [9.17, 15) is 0 Å². The van der Waals surface area contributed by atoms with Crippen LogP contribution >= 0.6 is 11.5 Å². The number of hydrogen-bond acceptors (Lipinski definition) is 5. The minimum Gasteiger partial charge on any atom is -0.343 e. The van der Waals surface area contributed by atoms with Crippen molar-refractivity contribution in [1.82, 2.24) is 18.9 Å². The van der Waals surface area contributed by atoms with Gasteiger partial charge in [-0.15, -0.1) is 0 Å². The fourth-order valence-electron chi connectivity index (χ4n) is 3.58. The lowest BCUT2D eigenvalue weighted by molar-refractivity contribution is 0.373. The molecule has 0 bridgehead atoms. The Morgan fingerprint density at radius 3 is 2.56 bits per heavy atom. The second-order valence-electron chi connectivity index (χ2n) is 8.31. The molecule has 0 unspecified atom stereocenters. The molecule has 0 spiro atoms. The Morgan fingerprint density at radius 1 is 1.08 bits per heavy atom. The van der Waals surface area contributed by atoms with Gasteiger partial charge in [0.15, 0.2) is 0 Å². The van der Waals surface area contributed by atoms with E-state index in [0.717, 1.165) is 29.6 Å². The average Bonchev–Trinajstić information content (AvgIpc) is 3.14. The summed E-state index contributed by atoms with van der Waals surface area (Å²) in [6.07, 6.45) is 2.52. The summed E-state index contributed by atoms with van der Waals surface area (Å²) in [5.74, 6) is 2.87. The van der Waals surface area contributed by atoms with Gasteiger partial charge in [-0.3, -0.25) is 0 Å². The van der Waals surface area contributed by atoms with Crippen LogP contribution in [0.2, 0.25) is 0 Å². The average molecular weight is 353 g/mol. The molecule has 6 heteroatoms. The second kappa shape index (κ2) is 5.27. The number of hydrogen-bond donors (Lipinski definition) is 0. The Hall–Kier alpha value is -1.95. The molecule has 3 aromatic rings. The van der Waals surface area contributed by atoms with Crippen LogP contribution in [0.5, 0.6) is 0 Å². The molecule has 1 saturated heterocycles. The molecule has 1 aromatic carbocycles. The van der Waals surface area contributed by atoms with Crippen LogP contribution in [0.25, 0.3) is 11.0 Å². The quantitative estimate of drug-likeness (QED) is 0.710. The second-order valence-corrected chi connectivity index (χ2v) is 9.04. The molecular formula is C19H23N5S. The molecule has 2 aliphatic rings. The van der Waals surface area contributed by atoms with E-state index in [0.29, 0.717) is 12.0 Å². The highest BCUT2D eigenvalue weighted by Crippen LogP contribution is 2.41. The molecule has 0 atom stereocenters. The van der Waals surface area contributed by atoms with E-state index in [1.54, 1.807) is 11.5 Å². The van der Waals surface area contributed by atoms with Crippen LogP contribution < -0.4 is 4.90 Å². The number of nitrogens with zero attached hydrogens (tertiary/aromatic N) is 5. The number of rotatable bonds is 3. The van der Waals surface area contributed by atoms with Crippen molar-refractivity contribution in [2.45, 2.75) is 51.0 Å². The molecule has 1 aliphatic carbocycles. The maximum Gasteiger partial charge on any atom is 0.205 e. The van der Waals surface area contributed by atoms with E-state index in [1.165, 1.54) is 24.2 Å². The van der Waals surface area contributed by atoms with Crippen molar-refractivity contribution in [2.75, 3.05) is 18.0 Å². The van der Waals surface area contributed by atoms with Gasteiger partial charge in [0, 0.05) is 36.0 Å². The van der Waals surface area contributed by atoms with Gasteiger partial charge in [-0.25, -0.2) is 9.97 Å². The van der Waals surface area contributed by atoms with E-state index in [2.05, 4.69) is 58.9 Å². The van der Waals surface area contributed by atoms with E-state index < -0.39 is 0 Å². The van der Waals surface area contributed by atoms with Crippen molar-refractivity contribution >= 4 is 27.7 Å². The van der Waals surface area contributed by atoms with Gasteiger partial charge < -0.3 is 9.47 Å². The zero-order valence-electron chi connectivity index (χ0n) is 14.9. The lowest BCUT2D eigenvalue weighted by Crippen LogP contribution is -2.48. The van der Waals surface area contributed by atoms with Crippen LogP contribution in [0.4, 0.5) is 5.13 Å². The van der Waals surface area contributed by atoms with E-state index in [1.807, 2.05) is 0 Å². The molecule has 3 heterocycles. The van der Waals surface area contributed by atoms with Gasteiger partial charge >= 0.3 is 0 Å². The third-order valence-corrected chi connectivity index (χ3v) is 5.93. The lowest BCUT2D eigenvalue weighted by Gasteiger charge is -2.41.